The number of amides is 3. The number of carbonyl (C=O) groups excluding carboxylic acids is 2. The summed E-state index contributed by atoms with van der Waals surface area (Å²) < 4.78 is 25.9. The summed E-state index contributed by atoms with van der Waals surface area (Å²) >= 11 is 0. The van der Waals surface area contributed by atoms with Crippen LogP contribution >= 0.6 is 0 Å². The second-order valence-corrected chi connectivity index (χ2v) is 12.5. The van der Waals surface area contributed by atoms with Gasteiger partial charge in [-0.1, -0.05) is 17.3 Å². The van der Waals surface area contributed by atoms with Crippen molar-refractivity contribution in [2.24, 2.45) is 0 Å². The zero-order valence-electron chi connectivity index (χ0n) is 27.2. The second-order valence-electron chi connectivity index (χ2n) is 12.5. The Hall–Kier alpha value is -5.53. The summed E-state index contributed by atoms with van der Waals surface area (Å²) in [5.74, 6) is -0.899. The van der Waals surface area contributed by atoms with Crippen molar-refractivity contribution in [3.63, 3.8) is 0 Å². The van der Waals surface area contributed by atoms with Crippen molar-refractivity contribution in [2.75, 3.05) is 36.4 Å². The summed E-state index contributed by atoms with van der Waals surface area (Å²) in [6.07, 6.45) is 1.71. The first-order valence-electron chi connectivity index (χ1n) is 15.5. The second kappa shape index (κ2) is 14.5. The molecule has 48 heavy (non-hydrogen) atoms. The number of rotatable bonds is 8. The number of ether oxygens (including phenoxy) is 1. The molecule has 3 heterocycles. The minimum Gasteiger partial charge on any atom is -0.480 e. The van der Waals surface area contributed by atoms with Crippen LogP contribution in [0.4, 0.5) is 25.5 Å². The van der Waals surface area contributed by atoms with Gasteiger partial charge in [0.2, 0.25) is 5.82 Å². The average Bonchev–Trinajstić information content (AvgIpc) is 3.37. The summed E-state index contributed by atoms with van der Waals surface area (Å²) in [7, 11) is 0. The Bertz CT molecular complexity index is 1770. The molecule has 14 heteroatoms. The highest BCUT2D eigenvalue weighted by Gasteiger charge is 2.26. The zero-order chi connectivity index (χ0) is 34.4. The van der Waals surface area contributed by atoms with Crippen molar-refractivity contribution >= 4 is 29.6 Å². The number of nitrogens with one attached hydrogen (secondary N) is 2. The number of aromatic nitrogens is 3. The van der Waals surface area contributed by atoms with E-state index in [-0.39, 0.29) is 23.7 Å². The van der Waals surface area contributed by atoms with E-state index < -0.39 is 35.6 Å². The lowest BCUT2D eigenvalue weighted by atomic mass is 10.0. The highest BCUT2D eigenvalue weighted by Crippen LogP contribution is 2.26. The number of benzene rings is 2. The predicted octanol–water partition coefficient (Wildman–Crippen LogP) is 5.51. The molecule has 0 radical (unpaired) electrons. The van der Waals surface area contributed by atoms with Gasteiger partial charge in [0.1, 0.15) is 23.3 Å². The van der Waals surface area contributed by atoms with Crippen molar-refractivity contribution in [2.45, 2.75) is 52.2 Å². The summed E-state index contributed by atoms with van der Waals surface area (Å²) in [5.41, 5.74) is 1.88. The number of urea groups is 1. The first kappa shape index (κ1) is 33.8. The topological polar surface area (TPSA) is 163 Å². The number of anilines is 2. The Morgan fingerprint density at radius 2 is 1.83 bits per heavy atom. The van der Waals surface area contributed by atoms with Crippen LogP contribution in [0.15, 0.2) is 65.3 Å². The molecule has 3 N–H and O–H groups in total. The van der Waals surface area contributed by atoms with Gasteiger partial charge in [-0.05, 0) is 87.7 Å². The molecule has 4 aromatic rings. The van der Waals surface area contributed by atoms with Crippen molar-refractivity contribution in [1.82, 2.24) is 25.3 Å². The molecule has 0 spiro atoms. The van der Waals surface area contributed by atoms with E-state index in [2.05, 4.69) is 30.7 Å². The van der Waals surface area contributed by atoms with Gasteiger partial charge in [0.15, 0.2) is 0 Å². The van der Waals surface area contributed by atoms with E-state index in [9.17, 15) is 19.5 Å². The van der Waals surface area contributed by atoms with Crippen LogP contribution in [0.25, 0.3) is 22.8 Å². The number of nitrogens with zero attached hydrogens (tertiary/aromatic N) is 5. The number of halogens is 1. The fraction of sp³-hybridized carbons (Fsp3) is 0.353. The number of pyridine rings is 1. The SMILES string of the molecule is Cc1cccnc1N1CCCN(C(=O)NC(Cc2ccc(-c3noc(-c4ccc(NC(=O)OC(C)(C)C)cc4)n3)c(F)c2)C(=O)O)CC1. The monoisotopic (exact) mass is 659 g/mol. The first-order valence-corrected chi connectivity index (χ1v) is 15.5. The molecule has 1 unspecified atom stereocenters. The molecule has 1 aliphatic rings. The summed E-state index contributed by atoms with van der Waals surface area (Å²) in [5, 5.41) is 19.0. The molecule has 252 valence electrons. The van der Waals surface area contributed by atoms with Gasteiger partial charge >= 0.3 is 18.1 Å². The molecule has 1 fully saturated rings. The number of aliphatic carboxylic acids is 1. The molecule has 2 aromatic heterocycles. The largest absolute Gasteiger partial charge is 0.480 e. The Kier molecular flexibility index (Phi) is 10.2. The maximum absolute atomic E-state index is 15.3. The number of carbonyl (C=O) groups is 3. The molecule has 2 aromatic carbocycles. The fourth-order valence-corrected chi connectivity index (χ4v) is 5.25. The summed E-state index contributed by atoms with van der Waals surface area (Å²) in [6, 6.07) is 12.9. The third-order valence-corrected chi connectivity index (χ3v) is 7.58. The maximum Gasteiger partial charge on any atom is 0.412 e. The van der Waals surface area contributed by atoms with Gasteiger partial charge in [-0.3, -0.25) is 5.32 Å². The molecule has 1 saturated heterocycles. The number of carboxylic acid groups (broad SMARTS) is 1. The molecule has 0 bridgehead atoms. The van der Waals surface area contributed by atoms with Crippen molar-refractivity contribution < 1.29 is 33.1 Å². The summed E-state index contributed by atoms with van der Waals surface area (Å²) in [4.78, 5) is 49.7. The van der Waals surface area contributed by atoms with Crippen LogP contribution in [0.5, 0.6) is 0 Å². The first-order chi connectivity index (χ1) is 22.9. The lowest BCUT2D eigenvalue weighted by Gasteiger charge is -2.25. The highest BCUT2D eigenvalue weighted by atomic mass is 19.1. The van der Waals surface area contributed by atoms with E-state index >= 15 is 4.39 Å². The van der Waals surface area contributed by atoms with Crippen molar-refractivity contribution in [1.29, 1.82) is 0 Å². The molecular weight excluding hydrogens is 621 g/mol. The summed E-state index contributed by atoms with van der Waals surface area (Å²) in [6.45, 7) is 9.43. The minimum absolute atomic E-state index is 0.00389. The van der Waals surface area contributed by atoms with E-state index in [0.717, 1.165) is 17.9 Å². The molecule has 0 saturated carbocycles. The van der Waals surface area contributed by atoms with Gasteiger partial charge in [-0.15, -0.1) is 0 Å². The molecule has 5 rings (SSSR count). The van der Waals surface area contributed by atoms with E-state index in [4.69, 9.17) is 9.26 Å². The molecule has 1 aliphatic heterocycles. The number of hydrogen-bond donors (Lipinski definition) is 3. The van der Waals surface area contributed by atoms with E-state index in [1.165, 1.54) is 12.1 Å². The predicted molar refractivity (Wildman–Crippen MR) is 176 cm³/mol. The van der Waals surface area contributed by atoms with Crippen LogP contribution in [-0.4, -0.2) is 81.0 Å². The van der Waals surface area contributed by atoms with Gasteiger partial charge in [0.05, 0.1) is 5.56 Å². The molecule has 0 aliphatic carbocycles. The third-order valence-electron chi connectivity index (χ3n) is 7.58. The molecule has 13 nitrogen and oxygen atoms in total. The van der Waals surface area contributed by atoms with Gasteiger partial charge in [0, 0.05) is 50.0 Å². The van der Waals surface area contributed by atoms with E-state index in [0.29, 0.717) is 42.9 Å². The standard InChI is InChI=1S/C34H38FN7O6/c1-21-7-5-14-36-29(21)41-15-6-16-42(18-17-41)32(45)38-27(31(43)44)20-22-8-13-25(26(35)19-22)28-39-30(48-40-28)23-9-11-24(12-10-23)37-33(46)47-34(2,3)4/h5,7-14,19,27H,6,15-18,20H2,1-4H3,(H,37,46)(H,38,45)(H,43,44). The third kappa shape index (κ3) is 8.63. The maximum atomic E-state index is 15.3. The number of carboxylic acids is 1. The normalized spacial score (nSPS) is 14.2. The highest BCUT2D eigenvalue weighted by molar-refractivity contribution is 5.85. The fourth-order valence-electron chi connectivity index (χ4n) is 5.25. The Labute approximate surface area is 277 Å². The van der Waals surface area contributed by atoms with Crippen LogP contribution in [0.3, 0.4) is 0 Å². The Morgan fingerprint density at radius 3 is 2.52 bits per heavy atom. The van der Waals surface area contributed by atoms with E-state index in [1.54, 1.807) is 62.2 Å². The average molecular weight is 660 g/mol. The number of aryl methyl sites for hydroxylation is 1. The zero-order valence-corrected chi connectivity index (χ0v) is 27.2. The lowest BCUT2D eigenvalue weighted by molar-refractivity contribution is -0.139. The lowest BCUT2D eigenvalue weighted by Crippen LogP contribution is -2.49. The van der Waals surface area contributed by atoms with Crippen LogP contribution in [0.2, 0.25) is 0 Å². The minimum atomic E-state index is -1.27. The molecule has 3 amide bonds. The van der Waals surface area contributed by atoms with Crippen molar-refractivity contribution in [3.8, 4) is 22.8 Å². The van der Waals surface area contributed by atoms with Gasteiger partial charge in [0.25, 0.3) is 5.89 Å². The number of hydrogen-bond acceptors (Lipinski definition) is 9. The van der Waals surface area contributed by atoms with Crippen LogP contribution in [0, 0.1) is 12.7 Å². The smallest absolute Gasteiger partial charge is 0.412 e. The Morgan fingerprint density at radius 1 is 1.06 bits per heavy atom. The van der Waals surface area contributed by atoms with Crippen LogP contribution in [0.1, 0.15) is 38.3 Å². The van der Waals surface area contributed by atoms with Gasteiger partial charge in [-0.2, -0.15) is 4.98 Å². The van der Waals surface area contributed by atoms with Gasteiger partial charge in [-0.25, -0.2) is 23.8 Å². The quantitative estimate of drug-likeness (QED) is 0.220. The van der Waals surface area contributed by atoms with Crippen LogP contribution < -0.4 is 15.5 Å². The van der Waals surface area contributed by atoms with Crippen molar-refractivity contribution in [3.05, 3.63) is 77.7 Å². The molecule has 1 atom stereocenters. The van der Waals surface area contributed by atoms with Gasteiger partial charge < -0.3 is 29.5 Å². The molecular formula is C34H38FN7O6. The van der Waals surface area contributed by atoms with Crippen LogP contribution in [-0.2, 0) is 16.0 Å². The Balaban J connectivity index is 1.19. The van der Waals surface area contributed by atoms with E-state index in [1.807, 2.05) is 19.1 Å².